The maximum atomic E-state index is 11.9. The largest absolute Gasteiger partial charge is 0.373 e. The van der Waals surface area contributed by atoms with Crippen molar-refractivity contribution in [1.82, 2.24) is 14.0 Å². The molecule has 1 fully saturated rings. The molecule has 0 unspecified atom stereocenters. The number of hydrogen-bond donors (Lipinski definition) is 0. The summed E-state index contributed by atoms with van der Waals surface area (Å²) in [5, 5.41) is 0. The van der Waals surface area contributed by atoms with E-state index in [2.05, 4.69) is 4.90 Å². The maximum Gasteiger partial charge on any atom is 0.330 e. The first-order chi connectivity index (χ1) is 8.88. The van der Waals surface area contributed by atoms with Crippen LogP contribution in [0.25, 0.3) is 0 Å². The van der Waals surface area contributed by atoms with Crippen molar-refractivity contribution in [3.05, 3.63) is 32.6 Å². The minimum atomic E-state index is -0.281. The number of ether oxygens (including phenoxy) is 1. The Balaban J connectivity index is 2.24. The van der Waals surface area contributed by atoms with Gasteiger partial charge in [-0.15, -0.1) is 0 Å². The zero-order valence-electron chi connectivity index (χ0n) is 11.9. The topological polar surface area (TPSA) is 56.5 Å². The molecule has 1 aliphatic heterocycles. The van der Waals surface area contributed by atoms with Crippen molar-refractivity contribution in [1.29, 1.82) is 0 Å². The SMILES string of the molecule is C[C@@H]1CN(Cc2cc(=O)n(C)c(=O)n2C)C[C@H](C)O1. The molecule has 0 bridgehead atoms. The van der Waals surface area contributed by atoms with E-state index in [1.165, 1.54) is 17.7 Å². The molecule has 0 spiro atoms. The van der Waals surface area contributed by atoms with Crippen molar-refractivity contribution in [2.24, 2.45) is 14.1 Å². The molecule has 0 N–H and O–H groups in total. The lowest BCUT2D eigenvalue weighted by molar-refractivity contribution is -0.0710. The van der Waals surface area contributed by atoms with E-state index in [0.717, 1.165) is 23.4 Å². The van der Waals surface area contributed by atoms with E-state index in [1.807, 2.05) is 13.8 Å². The van der Waals surface area contributed by atoms with E-state index in [0.29, 0.717) is 6.54 Å². The van der Waals surface area contributed by atoms with E-state index in [1.54, 1.807) is 7.05 Å². The normalized spacial score (nSPS) is 24.6. The molecule has 2 heterocycles. The van der Waals surface area contributed by atoms with E-state index in [-0.39, 0.29) is 23.5 Å². The van der Waals surface area contributed by atoms with Crippen LogP contribution in [0.1, 0.15) is 19.5 Å². The Labute approximate surface area is 112 Å². The Kier molecular flexibility index (Phi) is 3.91. The average Bonchev–Trinajstić information content (AvgIpc) is 2.32. The summed E-state index contributed by atoms with van der Waals surface area (Å²) in [4.78, 5) is 25.8. The zero-order valence-corrected chi connectivity index (χ0v) is 11.9. The molecule has 2 atom stereocenters. The van der Waals surface area contributed by atoms with Crippen LogP contribution in [0, 0.1) is 0 Å². The quantitative estimate of drug-likeness (QED) is 0.738. The van der Waals surface area contributed by atoms with E-state index in [9.17, 15) is 9.59 Å². The number of morpholine rings is 1. The number of hydrogen-bond acceptors (Lipinski definition) is 4. The van der Waals surface area contributed by atoms with Crippen molar-refractivity contribution in [3.63, 3.8) is 0 Å². The lowest BCUT2D eigenvalue weighted by Gasteiger charge is -2.35. The third-order valence-corrected chi connectivity index (χ3v) is 3.51. The third-order valence-electron chi connectivity index (χ3n) is 3.51. The van der Waals surface area contributed by atoms with Gasteiger partial charge in [0, 0.05) is 45.5 Å². The zero-order chi connectivity index (χ0) is 14.2. The monoisotopic (exact) mass is 267 g/mol. The van der Waals surface area contributed by atoms with Crippen LogP contribution >= 0.6 is 0 Å². The molecule has 0 aliphatic carbocycles. The summed E-state index contributed by atoms with van der Waals surface area (Å²) in [5.74, 6) is 0. The Hall–Kier alpha value is -1.40. The van der Waals surface area contributed by atoms with Gasteiger partial charge in [0.05, 0.1) is 12.2 Å². The van der Waals surface area contributed by atoms with Gasteiger partial charge < -0.3 is 4.74 Å². The Bertz CT molecular complexity index is 565. The average molecular weight is 267 g/mol. The second-order valence-corrected chi connectivity index (χ2v) is 5.33. The molecule has 1 aromatic heterocycles. The van der Waals surface area contributed by atoms with Gasteiger partial charge in [-0.1, -0.05) is 0 Å². The first-order valence-electron chi connectivity index (χ1n) is 6.52. The number of aromatic nitrogens is 2. The predicted octanol–water partition coefficient (Wildman–Crippen LogP) is -0.307. The minimum Gasteiger partial charge on any atom is -0.373 e. The Morgan fingerprint density at radius 1 is 1.16 bits per heavy atom. The van der Waals surface area contributed by atoms with Crippen LogP contribution in [0.5, 0.6) is 0 Å². The molecule has 6 heteroatoms. The lowest BCUT2D eigenvalue weighted by atomic mass is 10.2. The molecular formula is C13H21N3O3. The molecule has 1 aliphatic rings. The van der Waals surface area contributed by atoms with Gasteiger partial charge in [0.15, 0.2) is 0 Å². The summed E-state index contributed by atoms with van der Waals surface area (Å²) in [7, 11) is 3.19. The maximum absolute atomic E-state index is 11.9. The summed E-state index contributed by atoms with van der Waals surface area (Å²) in [6.07, 6.45) is 0.347. The molecule has 1 aromatic rings. The number of nitrogens with zero attached hydrogens (tertiary/aromatic N) is 3. The lowest BCUT2D eigenvalue weighted by Crippen LogP contribution is -2.46. The standard InChI is InChI=1S/C13H21N3O3/c1-9-6-16(7-10(2)19-9)8-11-5-12(17)15(4)13(18)14(11)3/h5,9-10H,6-8H2,1-4H3/t9-,10+. The highest BCUT2D eigenvalue weighted by Gasteiger charge is 2.23. The van der Waals surface area contributed by atoms with Crippen molar-refractivity contribution < 1.29 is 4.74 Å². The fraction of sp³-hybridized carbons (Fsp3) is 0.692. The van der Waals surface area contributed by atoms with Gasteiger partial charge in [-0.2, -0.15) is 0 Å². The highest BCUT2D eigenvalue weighted by atomic mass is 16.5. The molecule has 1 saturated heterocycles. The molecular weight excluding hydrogens is 246 g/mol. The van der Waals surface area contributed by atoms with Crippen molar-refractivity contribution in [2.75, 3.05) is 13.1 Å². The minimum absolute atomic E-state index is 0.173. The molecule has 0 saturated carbocycles. The molecule has 0 aromatic carbocycles. The number of rotatable bonds is 2. The van der Waals surface area contributed by atoms with Crippen LogP contribution in [0.2, 0.25) is 0 Å². The predicted molar refractivity (Wildman–Crippen MR) is 72.2 cm³/mol. The summed E-state index contributed by atoms with van der Waals surface area (Å²) in [6, 6.07) is 1.53. The third kappa shape index (κ3) is 2.96. The van der Waals surface area contributed by atoms with E-state index < -0.39 is 0 Å². The van der Waals surface area contributed by atoms with Crippen molar-refractivity contribution in [2.45, 2.75) is 32.6 Å². The second kappa shape index (κ2) is 5.30. The van der Waals surface area contributed by atoms with E-state index in [4.69, 9.17) is 4.74 Å². The fourth-order valence-electron chi connectivity index (χ4n) is 2.57. The van der Waals surface area contributed by atoms with Crippen LogP contribution in [0.3, 0.4) is 0 Å². The first-order valence-corrected chi connectivity index (χ1v) is 6.52. The molecule has 0 radical (unpaired) electrons. The first kappa shape index (κ1) is 14.0. The van der Waals surface area contributed by atoms with Gasteiger partial charge in [0.2, 0.25) is 0 Å². The second-order valence-electron chi connectivity index (χ2n) is 5.33. The van der Waals surface area contributed by atoms with Gasteiger partial charge >= 0.3 is 5.69 Å². The van der Waals surface area contributed by atoms with Crippen molar-refractivity contribution in [3.8, 4) is 0 Å². The highest BCUT2D eigenvalue weighted by Crippen LogP contribution is 2.12. The Morgan fingerprint density at radius 3 is 2.32 bits per heavy atom. The molecule has 19 heavy (non-hydrogen) atoms. The van der Waals surface area contributed by atoms with Crippen LogP contribution in [0.4, 0.5) is 0 Å². The molecule has 106 valence electrons. The summed E-state index contributed by atoms with van der Waals surface area (Å²) in [5.41, 5.74) is 0.207. The van der Waals surface area contributed by atoms with Crippen LogP contribution in [-0.2, 0) is 25.4 Å². The van der Waals surface area contributed by atoms with Gasteiger partial charge in [-0.3, -0.25) is 18.8 Å². The Morgan fingerprint density at radius 2 is 1.74 bits per heavy atom. The van der Waals surface area contributed by atoms with Crippen LogP contribution in [-0.4, -0.2) is 39.3 Å². The molecule has 2 rings (SSSR count). The van der Waals surface area contributed by atoms with E-state index >= 15 is 0 Å². The van der Waals surface area contributed by atoms with Gasteiger partial charge in [0.25, 0.3) is 5.56 Å². The smallest absolute Gasteiger partial charge is 0.330 e. The van der Waals surface area contributed by atoms with Crippen molar-refractivity contribution >= 4 is 0 Å². The van der Waals surface area contributed by atoms with Crippen LogP contribution < -0.4 is 11.2 Å². The van der Waals surface area contributed by atoms with Gasteiger partial charge in [-0.25, -0.2) is 4.79 Å². The van der Waals surface area contributed by atoms with Gasteiger partial charge in [-0.05, 0) is 13.8 Å². The summed E-state index contributed by atoms with van der Waals surface area (Å²) < 4.78 is 8.33. The fourth-order valence-corrected chi connectivity index (χ4v) is 2.57. The highest BCUT2D eigenvalue weighted by molar-refractivity contribution is 5.02. The summed E-state index contributed by atoms with van der Waals surface area (Å²) in [6.45, 7) is 6.29. The molecule has 0 amide bonds. The molecule has 6 nitrogen and oxygen atoms in total. The van der Waals surface area contributed by atoms with Gasteiger partial charge in [0.1, 0.15) is 0 Å². The van der Waals surface area contributed by atoms with Crippen LogP contribution in [0.15, 0.2) is 15.7 Å². The summed E-state index contributed by atoms with van der Waals surface area (Å²) >= 11 is 0.